The molecule has 1 N–H and O–H groups in total. The molecule has 3 nitrogen and oxygen atoms in total. The molecular formula is C13H16F3N3. The molecule has 1 saturated heterocycles. The summed E-state index contributed by atoms with van der Waals surface area (Å²) in [6.45, 7) is 1.93. The van der Waals surface area contributed by atoms with Crippen LogP contribution in [0.5, 0.6) is 0 Å². The molecule has 1 aromatic heterocycles. The van der Waals surface area contributed by atoms with Gasteiger partial charge in [-0.2, -0.15) is 13.2 Å². The summed E-state index contributed by atoms with van der Waals surface area (Å²) < 4.78 is 37.7. The quantitative estimate of drug-likeness (QED) is 0.916. The van der Waals surface area contributed by atoms with Crippen molar-refractivity contribution in [3.05, 3.63) is 23.9 Å². The molecule has 104 valence electrons. The first-order valence-corrected chi connectivity index (χ1v) is 6.57. The number of hydrogen-bond donors (Lipinski definition) is 1. The van der Waals surface area contributed by atoms with Gasteiger partial charge in [0.15, 0.2) is 0 Å². The van der Waals surface area contributed by atoms with Gasteiger partial charge in [0, 0.05) is 25.2 Å². The summed E-state index contributed by atoms with van der Waals surface area (Å²) in [6, 6.07) is 4.90. The highest BCUT2D eigenvalue weighted by Gasteiger charge is 2.35. The molecule has 1 aromatic rings. The maximum atomic E-state index is 12.6. The molecule has 6 heteroatoms. The second-order valence-corrected chi connectivity index (χ2v) is 5.26. The summed E-state index contributed by atoms with van der Waals surface area (Å²) in [5.74, 6) is 0.317. The van der Waals surface area contributed by atoms with Gasteiger partial charge < -0.3 is 5.32 Å². The monoisotopic (exact) mass is 271 g/mol. The van der Waals surface area contributed by atoms with E-state index >= 15 is 0 Å². The number of aromatic nitrogens is 1. The van der Waals surface area contributed by atoms with Crippen molar-refractivity contribution in [1.82, 2.24) is 9.88 Å². The van der Waals surface area contributed by atoms with Crippen LogP contribution in [0.3, 0.4) is 0 Å². The lowest BCUT2D eigenvalue weighted by atomic mass is 10.2. The van der Waals surface area contributed by atoms with E-state index in [4.69, 9.17) is 0 Å². The van der Waals surface area contributed by atoms with Gasteiger partial charge in [-0.25, -0.2) is 4.98 Å². The second-order valence-electron chi connectivity index (χ2n) is 5.26. The fourth-order valence-electron chi connectivity index (χ4n) is 2.56. The Morgan fingerprint density at radius 1 is 1.21 bits per heavy atom. The van der Waals surface area contributed by atoms with Crippen molar-refractivity contribution in [2.45, 2.75) is 37.5 Å². The van der Waals surface area contributed by atoms with Gasteiger partial charge in [-0.15, -0.1) is 0 Å². The number of nitrogens with one attached hydrogen (secondary N) is 1. The Balaban J connectivity index is 1.63. The van der Waals surface area contributed by atoms with E-state index in [0.717, 1.165) is 25.6 Å². The lowest BCUT2D eigenvalue weighted by Gasteiger charge is -2.16. The van der Waals surface area contributed by atoms with Crippen molar-refractivity contribution in [3.8, 4) is 0 Å². The van der Waals surface area contributed by atoms with Crippen LogP contribution in [0.25, 0.3) is 0 Å². The van der Waals surface area contributed by atoms with Gasteiger partial charge in [0.1, 0.15) is 11.5 Å². The topological polar surface area (TPSA) is 28.2 Å². The molecule has 1 atom stereocenters. The SMILES string of the molecule is FC(F)(F)c1cccc(NC2CCN(C3CC3)C2)n1. The van der Waals surface area contributed by atoms with Crippen molar-refractivity contribution >= 4 is 5.82 Å². The molecule has 1 aliphatic heterocycles. The third-order valence-electron chi connectivity index (χ3n) is 3.67. The van der Waals surface area contributed by atoms with Crippen LogP contribution in [0.1, 0.15) is 25.0 Å². The van der Waals surface area contributed by atoms with Gasteiger partial charge in [0.25, 0.3) is 0 Å². The Kier molecular flexibility index (Phi) is 3.12. The fourth-order valence-corrected chi connectivity index (χ4v) is 2.56. The molecule has 0 bridgehead atoms. The van der Waals surface area contributed by atoms with E-state index < -0.39 is 11.9 Å². The molecule has 3 rings (SSSR count). The predicted octanol–water partition coefficient (Wildman–Crippen LogP) is 2.75. The molecular weight excluding hydrogens is 255 g/mol. The van der Waals surface area contributed by atoms with E-state index in [-0.39, 0.29) is 6.04 Å². The maximum absolute atomic E-state index is 12.6. The van der Waals surface area contributed by atoms with Crippen LogP contribution in [0.2, 0.25) is 0 Å². The molecule has 2 aliphatic rings. The molecule has 2 heterocycles. The summed E-state index contributed by atoms with van der Waals surface area (Å²) in [6.07, 6.45) is -0.898. The number of hydrogen-bond acceptors (Lipinski definition) is 3. The van der Waals surface area contributed by atoms with Gasteiger partial charge >= 0.3 is 6.18 Å². The van der Waals surface area contributed by atoms with E-state index in [1.54, 1.807) is 6.07 Å². The highest BCUT2D eigenvalue weighted by atomic mass is 19.4. The molecule has 1 aliphatic carbocycles. The Hall–Kier alpha value is -1.30. The molecule has 19 heavy (non-hydrogen) atoms. The van der Waals surface area contributed by atoms with Crippen molar-refractivity contribution in [3.63, 3.8) is 0 Å². The molecule has 0 amide bonds. The average Bonchev–Trinajstić information content (AvgIpc) is 3.10. The maximum Gasteiger partial charge on any atom is 0.433 e. The minimum Gasteiger partial charge on any atom is -0.366 e. The lowest BCUT2D eigenvalue weighted by molar-refractivity contribution is -0.141. The zero-order chi connectivity index (χ0) is 13.5. The molecule has 1 unspecified atom stereocenters. The van der Waals surface area contributed by atoms with E-state index in [1.807, 2.05) is 0 Å². The second kappa shape index (κ2) is 4.67. The third kappa shape index (κ3) is 3.00. The van der Waals surface area contributed by atoms with Crippen molar-refractivity contribution in [1.29, 1.82) is 0 Å². The van der Waals surface area contributed by atoms with Crippen LogP contribution in [-0.4, -0.2) is 35.1 Å². The fraction of sp³-hybridized carbons (Fsp3) is 0.615. The number of halogens is 3. The highest BCUT2D eigenvalue weighted by molar-refractivity contribution is 5.37. The minimum atomic E-state index is -4.38. The standard InChI is InChI=1S/C13H16F3N3/c14-13(15,16)11-2-1-3-12(18-11)17-9-6-7-19(8-9)10-4-5-10/h1-3,9-10H,4-8H2,(H,17,18). The zero-order valence-corrected chi connectivity index (χ0v) is 10.5. The molecule has 2 fully saturated rings. The van der Waals surface area contributed by atoms with Gasteiger partial charge in [0.05, 0.1) is 0 Å². The summed E-state index contributed by atoms with van der Waals surface area (Å²) in [5, 5.41) is 3.11. The van der Waals surface area contributed by atoms with E-state index in [1.165, 1.54) is 18.9 Å². The van der Waals surface area contributed by atoms with Crippen LogP contribution < -0.4 is 5.32 Å². The number of pyridine rings is 1. The summed E-state index contributed by atoms with van der Waals surface area (Å²) in [5.41, 5.74) is -0.838. The average molecular weight is 271 g/mol. The largest absolute Gasteiger partial charge is 0.433 e. The molecule has 0 aromatic carbocycles. The van der Waals surface area contributed by atoms with Gasteiger partial charge in [0.2, 0.25) is 0 Å². The number of alkyl halides is 3. The summed E-state index contributed by atoms with van der Waals surface area (Å²) in [4.78, 5) is 6.05. The van der Waals surface area contributed by atoms with Gasteiger partial charge in [-0.1, -0.05) is 6.07 Å². The Morgan fingerprint density at radius 2 is 2.00 bits per heavy atom. The Morgan fingerprint density at radius 3 is 2.68 bits per heavy atom. The predicted molar refractivity (Wildman–Crippen MR) is 65.9 cm³/mol. The number of nitrogens with zero attached hydrogens (tertiary/aromatic N) is 2. The Bertz CT molecular complexity index is 457. The van der Waals surface area contributed by atoms with Crippen LogP contribution >= 0.6 is 0 Å². The van der Waals surface area contributed by atoms with E-state index in [9.17, 15) is 13.2 Å². The van der Waals surface area contributed by atoms with Crippen molar-refractivity contribution in [2.24, 2.45) is 0 Å². The normalized spacial score (nSPS) is 24.7. The third-order valence-corrected chi connectivity index (χ3v) is 3.67. The lowest BCUT2D eigenvalue weighted by Crippen LogP contribution is -2.28. The summed E-state index contributed by atoms with van der Waals surface area (Å²) in [7, 11) is 0. The first kappa shape index (κ1) is 12.7. The van der Waals surface area contributed by atoms with Gasteiger partial charge in [-0.05, 0) is 31.4 Å². The molecule has 0 radical (unpaired) electrons. The van der Waals surface area contributed by atoms with Crippen LogP contribution in [0.4, 0.5) is 19.0 Å². The van der Waals surface area contributed by atoms with E-state index in [2.05, 4.69) is 15.2 Å². The smallest absolute Gasteiger partial charge is 0.366 e. The van der Waals surface area contributed by atoms with Crippen molar-refractivity contribution in [2.75, 3.05) is 18.4 Å². The minimum absolute atomic E-state index is 0.205. The number of likely N-dealkylation sites (tertiary alicyclic amines) is 1. The van der Waals surface area contributed by atoms with Crippen molar-refractivity contribution < 1.29 is 13.2 Å². The van der Waals surface area contributed by atoms with Gasteiger partial charge in [-0.3, -0.25) is 4.90 Å². The van der Waals surface area contributed by atoms with Crippen LogP contribution in [0, 0.1) is 0 Å². The zero-order valence-electron chi connectivity index (χ0n) is 10.5. The summed E-state index contributed by atoms with van der Waals surface area (Å²) >= 11 is 0. The number of anilines is 1. The first-order valence-electron chi connectivity index (χ1n) is 6.57. The highest BCUT2D eigenvalue weighted by Crippen LogP contribution is 2.31. The molecule has 1 saturated carbocycles. The van der Waals surface area contributed by atoms with Crippen LogP contribution in [0.15, 0.2) is 18.2 Å². The first-order chi connectivity index (χ1) is 9.02. The van der Waals surface area contributed by atoms with E-state index in [0.29, 0.717) is 11.9 Å². The number of rotatable bonds is 3. The molecule has 0 spiro atoms. The van der Waals surface area contributed by atoms with Crippen LogP contribution in [-0.2, 0) is 6.18 Å². The Labute approximate surface area is 109 Å².